The summed E-state index contributed by atoms with van der Waals surface area (Å²) < 4.78 is 16.5. The second-order valence-corrected chi connectivity index (χ2v) is 8.04. The van der Waals surface area contributed by atoms with E-state index in [-0.39, 0.29) is 5.82 Å². The molecule has 4 heteroatoms. The van der Waals surface area contributed by atoms with Crippen LogP contribution in [-0.2, 0) is 13.1 Å². The number of fused-ring (bicyclic) bond motifs is 1. The van der Waals surface area contributed by atoms with Crippen molar-refractivity contribution >= 4 is 22.5 Å². The molecule has 0 bridgehead atoms. The molecular formula is C26H26ClFN2. The molecule has 1 atom stereocenters. The van der Waals surface area contributed by atoms with Gasteiger partial charge in [0.1, 0.15) is 5.82 Å². The maximum absolute atomic E-state index is 14.4. The lowest BCUT2D eigenvalue weighted by atomic mass is 10.0. The Morgan fingerprint density at radius 1 is 0.967 bits per heavy atom. The Morgan fingerprint density at radius 3 is 2.50 bits per heavy atom. The molecule has 1 aromatic heterocycles. The lowest BCUT2D eigenvalue weighted by Gasteiger charge is -2.18. The molecular weight excluding hydrogens is 395 g/mol. The first-order chi connectivity index (χ1) is 14.7. The number of halogens is 2. The number of nitrogens with one attached hydrogen (secondary N) is 1. The third-order valence-electron chi connectivity index (χ3n) is 5.58. The van der Waals surface area contributed by atoms with E-state index in [1.165, 1.54) is 22.6 Å². The quantitative estimate of drug-likeness (QED) is 0.321. The lowest BCUT2D eigenvalue weighted by Crippen LogP contribution is -2.20. The summed E-state index contributed by atoms with van der Waals surface area (Å²) in [5.41, 5.74) is 4.12. The first-order valence-electron chi connectivity index (χ1n) is 10.5. The predicted octanol–water partition coefficient (Wildman–Crippen LogP) is 7.11. The Labute approximate surface area is 182 Å². The zero-order chi connectivity index (χ0) is 20.9. The maximum atomic E-state index is 14.4. The number of hydrogen-bond donors (Lipinski definition) is 1. The van der Waals surface area contributed by atoms with E-state index in [1.54, 1.807) is 12.1 Å². The molecule has 0 aliphatic rings. The van der Waals surface area contributed by atoms with Crippen LogP contribution in [0.15, 0.2) is 79.0 Å². The van der Waals surface area contributed by atoms with E-state index < -0.39 is 0 Å². The highest BCUT2D eigenvalue weighted by Gasteiger charge is 2.15. The Balaban J connectivity index is 1.62. The van der Waals surface area contributed by atoms with Gasteiger partial charge >= 0.3 is 0 Å². The molecule has 0 aliphatic carbocycles. The van der Waals surface area contributed by atoms with E-state index in [1.807, 2.05) is 18.2 Å². The Bertz CT molecular complexity index is 1100. The fourth-order valence-electron chi connectivity index (χ4n) is 4.04. The molecule has 1 N–H and O–H groups in total. The molecule has 0 fully saturated rings. The van der Waals surface area contributed by atoms with Gasteiger partial charge < -0.3 is 9.88 Å². The maximum Gasteiger partial charge on any atom is 0.129 e. The highest BCUT2D eigenvalue weighted by Crippen LogP contribution is 2.27. The number of nitrogens with zero attached hydrogens (tertiary/aromatic N) is 1. The molecule has 30 heavy (non-hydrogen) atoms. The normalized spacial score (nSPS) is 12.4. The van der Waals surface area contributed by atoms with Crippen LogP contribution in [-0.4, -0.2) is 4.57 Å². The van der Waals surface area contributed by atoms with Crippen molar-refractivity contribution < 1.29 is 4.39 Å². The van der Waals surface area contributed by atoms with Gasteiger partial charge in [-0.05, 0) is 35.7 Å². The van der Waals surface area contributed by atoms with Crippen molar-refractivity contribution in [2.24, 2.45) is 0 Å². The summed E-state index contributed by atoms with van der Waals surface area (Å²) in [4.78, 5) is 0. The highest BCUT2D eigenvalue weighted by atomic mass is 35.5. The fraction of sp³-hybridized carbons (Fsp3) is 0.231. The van der Waals surface area contributed by atoms with E-state index in [9.17, 15) is 4.39 Å². The summed E-state index contributed by atoms with van der Waals surface area (Å²) in [7, 11) is 0. The first kappa shape index (κ1) is 20.6. The Morgan fingerprint density at radius 2 is 1.73 bits per heavy atom. The van der Waals surface area contributed by atoms with Crippen LogP contribution in [0.1, 0.15) is 42.5 Å². The summed E-state index contributed by atoms with van der Waals surface area (Å²) in [6.07, 6.45) is 4.31. The van der Waals surface area contributed by atoms with E-state index in [2.05, 4.69) is 59.4 Å². The second kappa shape index (κ2) is 9.46. The van der Waals surface area contributed by atoms with Crippen LogP contribution in [0.3, 0.4) is 0 Å². The summed E-state index contributed by atoms with van der Waals surface area (Å²) >= 11 is 6.28. The van der Waals surface area contributed by atoms with Crippen LogP contribution in [0.5, 0.6) is 0 Å². The molecule has 2 nitrogen and oxygen atoms in total. The average Bonchev–Trinajstić information content (AvgIpc) is 3.12. The molecule has 1 heterocycles. The molecule has 0 unspecified atom stereocenters. The van der Waals surface area contributed by atoms with Crippen LogP contribution in [0.2, 0.25) is 5.02 Å². The van der Waals surface area contributed by atoms with Crippen molar-refractivity contribution in [1.82, 2.24) is 9.88 Å². The summed E-state index contributed by atoms with van der Waals surface area (Å²) in [5.74, 6) is -0.271. The van der Waals surface area contributed by atoms with Gasteiger partial charge in [0, 0.05) is 40.3 Å². The largest absolute Gasteiger partial charge is 0.343 e. The van der Waals surface area contributed by atoms with Crippen molar-refractivity contribution in [1.29, 1.82) is 0 Å². The fourth-order valence-corrected chi connectivity index (χ4v) is 4.26. The SMILES string of the molecule is CCC[C@H](NCc1cn(Cc2c(F)cccc2Cl)c2ccccc12)c1ccccc1. The van der Waals surface area contributed by atoms with Gasteiger partial charge in [-0.3, -0.25) is 0 Å². The van der Waals surface area contributed by atoms with Crippen LogP contribution in [0.4, 0.5) is 4.39 Å². The van der Waals surface area contributed by atoms with Gasteiger partial charge in [0.15, 0.2) is 0 Å². The van der Waals surface area contributed by atoms with Crippen LogP contribution in [0.25, 0.3) is 10.9 Å². The molecule has 4 aromatic rings. The van der Waals surface area contributed by atoms with E-state index in [0.717, 1.165) is 24.9 Å². The zero-order valence-electron chi connectivity index (χ0n) is 17.1. The monoisotopic (exact) mass is 420 g/mol. The van der Waals surface area contributed by atoms with E-state index in [4.69, 9.17) is 11.6 Å². The van der Waals surface area contributed by atoms with Gasteiger partial charge in [-0.1, -0.05) is 79.5 Å². The number of hydrogen-bond acceptors (Lipinski definition) is 1. The predicted molar refractivity (Wildman–Crippen MR) is 123 cm³/mol. The molecule has 0 saturated carbocycles. The minimum atomic E-state index is -0.271. The van der Waals surface area contributed by atoms with Crippen LogP contribution < -0.4 is 5.32 Å². The van der Waals surface area contributed by atoms with Crippen LogP contribution >= 0.6 is 11.6 Å². The highest BCUT2D eigenvalue weighted by molar-refractivity contribution is 6.31. The van der Waals surface area contributed by atoms with Crippen molar-refractivity contribution in [3.63, 3.8) is 0 Å². The number of benzene rings is 3. The Hall–Kier alpha value is -2.62. The third-order valence-corrected chi connectivity index (χ3v) is 5.93. The van der Waals surface area contributed by atoms with Crippen molar-refractivity contribution in [3.8, 4) is 0 Å². The first-order valence-corrected chi connectivity index (χ1v) is 10.8. The molecule has 0 saturated heterocycles. The topological polar surface area (TPSA) is 17.0 Å². The third kappa shape index (κ3) is 4.43. The summed E-state index contributed by atoms with van der Waals surface area (Å²) in [6, 6.07) is 24.0. The molecule has 0 spiro atoms. The van der Waals surface area contributed by atoms with Gasteiger partial charge in [0.25, 0.3) is 0 Å². The Kier molecular flexibility index (Phi) is 6.51. The summed E-state index contributed by atoms with van der Waals surface area (Å²) in [5, 5.41) is 5.37. The van der Waals surface area contributed by atoms with Gasteiger partial charge in [-0.25, -0.2) is 4.39 Å². The molecule has 154 valence electrons. The van der Waals surface area contributed by atoms with Crippen molar-refractivity contribution in [3.05, 3.63) is 107 Å². The average molecular weight is 421 g/mol. The van der Waals surface area contributed by atoms with Crippen molar-refractivity contribution in [2.75, 3.05) is 0 Å². The molecule has 0 aliphatic heterocycles. The van der Waals surface area contributed by atoms with Gasteiger partial charge in [-0.2, -0.15) is 0 Å². The zero-order valence-corrected chi connectivity index (χ0v) is 17.9. The van der Waals surface area contributed by atoms with Gasteiger partial charge in [0.2, 0.25) is 0 Å². The van der Waals surface area contributed by atoms with E-state index >= 15 is 0 Å². The number of aromatic nitrogens is 1. The smallest absolute Gasteiger partial charge is 0.129 e. The van der Waals surface area contributed by atoms with Crippen molar-refractivity contribution in [2.45, 2.75) is 38.9 Å². The van der Waals surface area contributed by atoms with E-state index in [0.29, 0.717) is 23.2 Å². The van der Waals surface area contributed by atoms with Gasteiger partial charge in [-0.15, -0.1) is 0 Å². The molecule has 0 amide bonds. The van der Waals surface area contributed by atoms with Gasteiger partial charge in [0.05, 0.1) is 6.54 Å². The number of rotatable bonds is 8. The van der Waals surface area contributed by atoms with Crippen LogP contribution in [0, 0.1) is 5.82 Å². The second-order valence-electron chi connectivity index (χ2n) is 7.63. The molecule has 0 radical (unpaired) electrons. The molecule has 3 aromatic carbocycles. The summed E-state index contributed by atoms with van der Waals surface area (Å²) in [6.45, 7) is 3.36. The minimum absolute atomic E-state index is 0.271. The number of para-hydroxylation sites is 1. The molecule has 4 rings (SSSR count). The lowest BCUT2D eigenvalue weighted by molar-refractivity contribution is 0.494. The standard InChI is InChI=1S/C26H26ClFN2/c1-2-9-25(19-10-4-3-5-11-19)29-16-20-17-30(26-15-7-6-12-21(20)26)18-22-23(27)13-8-14-24(22)28/h3-8,10-15,17,25,29H,2,9,16,18H2,1H3/t25-/m0/s1. The minimum Gasteiger partial charge on any atom is -0.343 e.